The van der Waals surface area contributed by atoms with Crippen LogP contribution in [0, 0.1) is 13.8 Å². The van der Waals surface area contributed by atoms with Crippen molar-refractivity contribution in [1.82, 2.24) is 20.1 Å². The normalized spacial score (nSPS) is 10.5. The van der Waals surface area contributed by atoms with E-state index < -0.39 is 0 Å². The van der Waals surface area contributed by atoms with Crippen LogP contribution in [0.25, 0.3) is 5.82 Å². The summed E-state index contributed by atoms with van der Waals surface area (Å²) in [6.45, 7) is 4.10. The molecule has 144 valence electrons. The first-order valence-electron chi connectivity index (χ1n) is 8.76. The zero-order chi connectivity index (χ0) is 20.1. The number of anilines is 1. The molecule has 0 aliphatic rings. The minimum absolute atomic E-state index is 0.166. The highest BCUT2D eigenvalue weighted by Crippen LogP contribution is 2.14. The summed E-state index contributed by atoms with van der Waals surface area (Å²) in [5.74, 6) is 0.209. The van der Waals surface area contributed by atoms with Gasteiger partial charge in [-0.25, -0.2) is 9.67 Å². The maximum atomic E-state index is 12.2. The molecule has 2 aromatic heterocycles. The number of hydrogen-bond donors (Lipinski definition) is 2. The van der Waals surface area contributed by atoms with E-state index >= 15 is 0 Å². The SMILES string of the molecule is Cc1cc(C)n(-c2ccc(C(=O)NCCC(=O)Nc3ccc(Br)cc3)cn2)n1. The van der Waals surface area contributed by atoms with Gasteiger partial charge in [-0.2, -0.15) is 5.10 Å². The smallest absolute Gasteiger partial charge is 0.252 e. The van der Waals surface area contributed by atoms with Crippen molar-refractivity contribution in [3.63, 3.8) is 0 Å². The summed E-state index contributed by atoms with van der Waals surface area (Å²) < 4.78 is 2.67. The molecule has 0 bridgehead atoms. The van der Waals surface area contributed by atoms with Crippen LogP contribution in [0.3, 0.4) is 0 Å². The lowest BCUT2D eigenvalue weighted by molar-refractivity contribution is -0.116. The molecule has 2 heterocycles. The third kappa shape index (κ3) is 5.04. The fraction of sp³-hybridized carbons (Fsp3) is 0.200. The lowest BCUT2D eigenvalue weighted by atomic mass is 10.2. The number of aromatic nitrogens is 3. The summed E-state index contributed by atoms with van der Waals surface area (Å²) in [5.41, 5.74) is 3.02. The van der Waals surface area contributed by atoms with Crippen LogP contribution in [0.1, 0.15) is 28.2 Å². The Hall–Kier alpha value is -3.00. The molecule has 0 saturated carbocycles. The van der Waals surface area contributed by atoms with Gasteiger partial charge < -0.3 is 10.6 Å². The van der Waals surface area contributed by atoms with Gasteiger partial charge in [0.1, 0.15) is 0 Å². The first kappa shape index (κ1) is 19.8. The van der Waals surface area contributed by atoms with Crippen LogP contribution in [0.4, 0.5) is 5.69 Å². The molecular formula is C20H20BrN5O2. The van der Waals surface area contributed by atoms with Crippen molar-refractivity contribution < 1.29 is 9.59 Å². The standard InChI is InChI=1S/C20H20BrN5O2/c1-13-11-14(2)26(25-13)18-8-3-15(12-23-18)20(28)22-10-9-19(27)24-17-6-4-16(21)5-7-17/h3-8,11-12H,9-10H2,1-2H3,(H,22,28)(H,24,27). The van der Waals surface area contributed by atoms with Gasteiger partial charge in [-0.3, -0.25) is 9.59 Å². The van der Waals surface area contributed by atoms with Gasteiger partial charge in [0.15, 0.2) is 5.82 Å². The summed E-state index contributed by atoms with van der Waals surface area (Å²) in [5, 5.41) is 9.88. The highest BCUT2D eigenvalue weighted by Gasteiger charge is 2.10. The first-order chi connectivity index (χ1) is 13.4. The van der Waals surface area contributed by atoms with E-state index in [0.717, 1.165) is 15.9 Å². The zero-order valence-electron chi connectivity index (χ0n) is 15.6. The third-order valence-corrected chi connectivity index (χ3v) is 4.53. The molecule has 0 unspecified atom stereocenters. The van der Waals surface area contributed by atoms with Crippen LogP contribution in [0.5, 0.6) is 0 Å². The molecule has 7 nitrogen and oxygen atoms in total. The van der Waals surface area contributed by atoms with Gasteiger partial charge >= 0.3 is 0 Å². The lowest BCUT2D eigenvalue weighted by Gasteiger charge is -2.08. The predicted molar refractivity (Wildman–Crippen MR) is 111 cm³/mol. The fourth-order valence-corrected chi connectivity index (χ4v) is 2.92. The second-order valence-electron chi connectivity index (χ2n) is 6.30. The largest absolute Gasteiger partial charge is 0.351 e. The number of amides is 2. The number of carbonyl (C=O) groups excluding carboxylic acids is 2. The van der Waals surface area contributed by atoms with E-state index in [9.17, 15) is 9.59 Å². The summed E-state index contributed by atoms with van der Waals surface area (Å²) in [4.78, 5) is 28.5. The van der Waals surface area contributed by atoms with Crippen molar-refractivity contribution in [3.8, 4) is 5.82 Å². The molecule has 8 heteroatoms. The van der Waals surface area contributed by atoms with E-state index in [4.69, 9.17) is 0 Å². The van der Waals surface area contributed by atoms with E-state index in [0.29, 0.717) is 17.1 Å². The summed E-state index contributed by atoms with van der Waals surface area (Å²) in [6.07, 6.45) is 1.68. The molecule has 0 aliphatic carbocycles. The molecule has 3 aromatic rings. The van der Waals surface area contributed by atoms with Crippen LogP contribution in [-0.2, 0) is 4.79 Å². The van der Waals surface area contributed by atoms with Crippen LogP contribution < -0.4 is 10.6 Å². The lowest BCUT2D eigenvalue weighted by Crippen LogP contribution is -2.27. The van der Waals surface area contributed by atoms with Crippen molar-refractivity contribution in [2.24, 2.45) is 0 Å². The number of nitrogens with zero attached hydrogens (tertiary/aromatic N) is 3. The molecule has 2 N–H and O–H groups in total. The minimum Gasteiger partial charge on any atom is -0.351 e. The molecular weight excluding hydrogens is 422 g/mol. The summed E-state index contributed by atoms with van der Waals surface area (Å²) in [7, 11) is 0. The minimum atomic E-state index is -0.274. The quantitative estimate of drug-likeness (QED) is 0.613. The number of halogens is 1. The number of carbonyl (C=O) groups is 2. The van der Waals surface area contributed by atoms with Gasteiger partial charge in [-0.15, -0.1) is 0 Å². The van der Waals surface area contributed by atoms with E-state index in [1.165, 1.54) is 6.20 Å². The Bertz CT molecular complexity index is 981. The molecule has 1 aromatic carbocycles. The Labute approximate surface area is 171 Å². The van der Waals surface area contributed by atoms with Crippen LogP contribution in [0.2, 0.25) is 0 Å². The van der Waals surface area contributed by atoms with Crippen molar-refractivity contribution in [2.45, 2.75) is 20.3 Å². The fourth-order valence-electron chi connectivity index (χ4n) is 2.65. The van der Waals surface area contributed by atoms with E-state index in [1.54, 1.807) is 28.9 Å². The number of benzene rings is 1. The van der Waals surface area contributed by atoms with Crippen molar-refractivity contribution in [1.29, 1.82) is 0 Å². The molecule has 0 atom stereocenters. The Morgan fingerprint density at radius 1 is 1.11 bits per heavy atom. The Balaban J connectivity index is 1.50. The second-order valence-corrected chi connectivity index (χ2v) is 7.22. The Morgan fingerprint density at radius 3 is 2.46 bits per heavy atom. The van der Waals surface area contributed by atoms with Crippen LogP contribution >= 0.6 is 15.9 Å². The van der Waals surface area contributed by atoms with E-state index in [-0.39, 0.29) is 24.8 Å². The molecule has 3 rings (SSSR count). The van der Waals surface area contributed by atoms with Gasteiger partial charge in [-0.05, 0) is 56.3 Å². The van der Waals surface area contributed by atoms with Crippen molar-refractivity contribution in [2.75, 3.05) is 11.9 Å². The molecule has 0 spiro atoms. The molecule has 0 fully saturated rings. The topological polar surface area (TPSA) is 88.9 Å². The zero-order valence-corrected chi connectivity index (χ0v) is 17.2. The molecule has 0 aliphatic heterocycles. The number of pyridine rings is 1. The van der Waals surface area contributed by atoms with Crippen LogP contribution in [0.15, 0.2) is 53.1 Å². The van der Waals surface area contributed by atoms with Gasteiger partial charge in [0.2, 0.25) is 5.91 Å². The van der Waals surface area contributed by atoms with Gasteiger partial charge in [0.25, 0.3) is 5.91 Å². The highest BCUT2D eigenvalue weighted by molar-refractivity contribution is 9.10. The Kier molecular flexibility index (Phi) is 6.20. The van der Waals surface area contributed by atoms with Gasteiger partial charge in [-0.1, -0.05) is 15.9 Å². The number of rotatable bonds is 6. The average Bonchev–Trinajstić information content (AvgIpc) is 3.02. The Morgan fingerprint density at radius 2 is 1.86 bits per heavy atom. The molecule has 28 heavy (non-hydrogen) atoms. The number of nitrogens with one attached hydrogen (secondary N) is 2. The maximum Gasteiger partial charge on any atom is 0.252 e. The third-order valence-electron chi connectivity index (χ3n) is 4.00. The molecule has 0 radical (unpaired) electrons. The number of hydrogen-bond acceptors (Lipinski definition) is 4. The van der Waals surface area contributed by atoms with E-state index in [1.807, 2.05) is 32.0 Å². The van der Waals surface area contributed by atoms with Crippen LogP contribution in [-0.4, -0.2) is 33.1 Å². The second kappa shape index (κ2) is 8.79. The van der Waals surface area contributed by atoms with Gasteiger partial charge in [0, 0.05) is 35.0 Å². The van der Waals surface area contributed by atoms with Gasteiger partial charge in [0.05, 0.1) is 11.3 Å². The summed E-state index contributed by atoms with van der Waals surface area (Å²) in [6, 6.07) is 12.7. The average molecular weight is 442 g/mol. The maximum absolute atomic E-state index is 12.2. The van der Waals surface area contributed by atoms with E-state index in [2.05, 4.69) is 36.6 Å². The van der Waals surface area contributed by atoms with Crippen molar-refractivity contribution >= 4 is 33.4 Å². The monoisotopic (exact) mass is 441 g/mol. The first-order valence-corrected chi connectivity index (χ1v) is 9.55. The predicted octanol–water partition coefficient (Wildman–Crippen LogP) is 3.41. The summed E-state index contributed by atoms with van der Waals surface area (Å²) >= 11 is 3.34. The number of aryl methyl sites for hydroxylation is 2. The van der Waals surface area contributed by atoms with Crippen molar-refractivity contribution in [3.05, 3.63) is 70.1 Å². The molecule has 2 amide bonds. The highest BCUT2D eigenvalue weighted by atomic mass is 79.9. The molecule has 0 saturated heterocycles.